The van der Waals surface area contributed by atoms with Crippen LogP contribution in [0.1, 0.15) is 187 Å². The van der Waals surface area contributed by atoms with Gasteiger partial charge in [-0.05, 0) is 89.2 Å². The molecule has 0 saturated heterocycles. The number of nitrogens with two attached hydrogens (primary N) is 2. The fourth-order valence-electron chi connectivity index (χ4n) is 7.96. The molecule has 2 nitrogen and oxygen atoms in total. The van der Waals surface area contributed by atoms with Crippen LogP contribution in [0, 0.1) is 0 Å². The van der Waals surface area contributed by atoms with E-state index in [1.165, 1.54) is 149 Å². The Bertz CT molecular complexity index is 1450. The molecule has 3 atom stereocenters. The number of rotatable bonds is 25. The van der Waals surface area contributed by atoms with E-state index in [1.54, 1.807) is 0 Å². The summed E-state index contributed by atoms with van der Waals surface area (Å²) in [5.41, 5.74) is 22.4. The maximum absolute atomic E-state index is 6.08. The molecular formula is C49H70N2. The van der Waals surface area contributed by atoms with Gasteiger partial charge < -0.3 is 11.5 Å². The number of anilines is 2. The molecule has 0 aliphatic rings. The molecule has 2 heteroatoms. The van der Waals surface area contributed by atoms with E-state index in [1.807, 2.05) is 0 Å². The third-order valence-electron chi connectivity index (χ3n) is 11.2. The molecular weight excluding hydrogens is 617 g/mol. The smallest absolute Gasteiger partial charge is 0.0314 e. The Morgan fingerprint density at radius 2 is 0.667 bits per heavy atom. The van der Waals surface area contributed by atoms with Gasteiger partial charge in [-0.3, -0.25) is 0 Å². The maximum Gasteiger partial charge on any atom is 0.0314 e. The summed E-state index contributed by atoms with van der Waals surface area (Å²) in [5, 5.41) is 0. The third-order valence-corrected chi connectivity index (χ3v) is 11.2. The van der Waals surface area contributed by atoms with E-state index in [-0.39, 0.29) is 0 Å². The van der Waals surface area contributed by atoms with Crippen LogP contribution in [-0.4, -0.2) is 0 Å². The van der Waals surface area contributed by atoms with Crippen molar-refractivity contribution in [3.8, 4) is 0 Å². The van der Waals surface area contributed by atoms with Crippen molar-refractivity contribution in [1.29, 1.82) is 0 Å². The summed E-state index contributed by atoms with van der Waals surface area (Å²) < 4.78 is 0. The minimum absolute atomic E-state index is 0.418. The first-order chi connectivity index (χ1) is 25.0. The van der Waals surface area contributed by atoms with Crippen molar-refractivity contribution in [1.82, 2.24) is 0 Å². The van der Waals surface area contributed by atoms with Crippen molar-refractivity contribution in [2.45, 2.75) is 161 Å². The highest BCUT2D eigenvalue weighted by Crippen LogP contribution is 2.35. The first-order valence-electron chi connectivity index (χ1n) is 20.9. The standard InChI is InChI=1S/C49H70N2/c1-4-7-10-13-14-15-16-19-45(40-26-28-42(29-27-40)49(21-18-12-9-6-3)44-32-36-47(51)37-33-44)38-39-22-24-41(25-23-39)48(20-17-11-8-5-2)43-30-34-46(50)35-31-43/h22-37,45,48-49H,4-21,38,50-51H2,1-3H3. The number of nitrogen functional groups attached to an aromatic ring is 2. The lowest BCUT2D eigenvalue weighted by Crippen LogP contribution is -2.07. The van der Waals surface area contributed by atoms with Crippen LogP contribution in [0.5, 0.6) is 0 Å². The lowest BCUT2D eigenvalue weighted by Gasteiger charge is -2.22. The van der Waals surface area contributed by atoms with Crippen LogP contribution >= 0.6 is 0 Å². The first-order valence-corrected chi connectivity index (χ1v) is 20.9. The molecule has 0 heterocycles. The molecule has 0 saturated carbocycles. The SMILES string of the molecule is CCCCCCCCCC(Cc1ccc(C(CCCCCC)c2ccc(N)cc2)cc1)c1ccc(C(CCCCCC)c2ccc(N)cc2)cc1. The van der Waals surface area contributed by atoms with Crippen molar-refractivity contribution in [3.05, 3.63) is 130 Å². The molecule has 0 fully saturated rings. The summed E-state index contributed by atoms with van der Waals surface area (Å²) >= 11 is 0. The molecule has 0 amide bonds. The molecule has 0 aliphatic carbocycles. The van der Waals surface area contributed by atoms with Crippen LogP contribution in [-0.2, 0) is 6.42 Å². The molecule has 4 aromatic carbocycles. The van der Waals surface area contributed by atoms with Gasteiger partial charge in [0.25, 0.3) is 0 Å². The fraction of sp³-hybridized carbons (Fsp3) is 0.510. The Hall–Kier alpha value is -3.52. The van der Waals surface area contributed by atoms with Gasteiger partial charge in [0.2, 0.25) is 0 Å². The number of benzene rings is 4. The Labute approximate surface area is 312 Å². The van der Waals surface area contributed by atoms with E-state index in [2.05, 4.69) is 118 Å². The quantitative estimate of drug-likeness (QED) is 0.0538. The second kappa shape index (κ2) is 23.1. The summed E-state index contributed by atoms with van der Waals surface area (Å²) in [6.07, 6.45) is 24.5. The Balaban J connectivity index is 1.52. The molecule has 0 spiro atoms. The summed E-state index contributed by atoms with van der Waals surface area (Å²) in [7, 11) is 0. The molecule has 0 radical (unpaired) electrons. The van der Waals surface area contributed by atoms with Crippen molar-refractivity contribution in [3.63, 3.8) is 0 Å². The normalized spacial score (nSPS) is 13.2. The lowest BCUT2D eigenvalue weighted by atomic mass is 9.82. The van der Waals surface area contributed by atoms with Crippen LogP contribution in [0.4, 0.5) is 11.4 Å². The van der Waals surface area contributed by atoms with Gasteiger partial charge in [0.1, 0.15) is 0 Å². The molecule has 4 N–H and O–H groups in total. The largest absolute Gasteiger partial charge is 0.399 e. The van der Waals surface area contributed by atoms with Crippen LogP contribution in [0.25, 0.3) is 0 Å². The van der Waals surface area contributed by atoms with Crippen molar-refractivity contribution in [2.24, 2.45) is 0 Å². The zero-order valence-electron chi connectivity index (χ0n) is 32.6. The van der Waals surface area contributed by atoms with E-state index in [0.717, 1.165) is 17.8 Å². The average molecular weight is 687 g/mol. The highest BCUT2D eigenvalue weighted by molar-refractivity contribution is 5.44. The zero-order chi connectivity index (χ0) is 36.1. The molecule has 4 aromatic rings. The Kier molecular flexibility index (Phi) is 18.3. The highest BCUT2D eigenvalue weighted by atomic mass is 14.5. The van der Waals surface area contributed by atoms with Gasteiger partial charge in [0.15, 0.2) is 0 Å². The molecule has 0 aromatic heterocycles. The van der Waals surface area contributed by atoms with Gasteiger partial charge in [0.05, 0.1) is 0 Å². The van der Waals surface area contributed by atoms with E-state index in [4.69, 9.17) is 11.5 Å². The van der Waals surface area contributed by atoms with Crippen LogP contribution in [0.2, 0.25) is 0 Å². The topological polar surface area (TPSA) is 52.0 Å². The van der Waals surface area contributed by atoms with Crippen molar-refractivity contribution >= 4 is 11.4 Å². The van der Waals surface area contributed by atoms with E-state index < -0.39 is 0 Å². The summed E-state index contributed by atoms with van der Waals surface area (Å²) in [4.78, 5) is 0. The minimum Gasteiger partial charge on any atom is -0.399 e. The minimum atomic E-state index is 0.418. The number of hydrogen-bond donors (Lipinski definition) is 2. The summed E-state index contributed by atoms with van der Waals surface area (Å²) in [6, 6.07) is 36.7. The zero-order valence-corrected chi connectivity index (χ0v) is 32.6. The highest BCUT2D eigenvalue weighted by Gasteiger charge is 2.19. The Morgan fingerprint density at radius 1 is 0.353 bits per heavy atom. The van der Waals surface area contributed by atoms with Gasteiger partial charge in [-0.1, -0.05) is 190 Å². The van der Waals surface area contributed by atoms with Crippen LogP contribution in [0.15, 0.2) is 97.1 Å². The second-order valence-corrected chi connectivity index (χ2v) is 15.4. The molecule has 0 aliphatic heterocycles. The van der Waals surface area contributed by atoms with Crippen LogP contribution < -0.4 is 11.5 Å². The van der Waals surface area contributed by atoms with E-state index >= 15 is 0 Å². The van der Waals surface area contributed by atoms with Gasteiger partial charge in [0, 0.05) is 23.2 Å². The second-order valence-electron chi connectivity index (χ2n) is 15.4. The fourth-order valence-corrected chi connectivity index (χ4v) is 7.96. The van der Waals surface area contributed by atoms with Crippen LogP contribution in [0.3, 0.4) is 0 Å². The monoisotopic (exact) mass is 687 g/mol. The predicted octanol–water partition coefficient (Wildman–Crippen LogP) is 14.5. The molecule has 276 valence electrons. The van der Waals surface area contributed by atoms with Crippen molar-refractivity contribution in [2.75, 3.05) is 11.5 Å². The van der Waals surface area contributed by atoms with Crippen molar-refractivity contribution < 1.29 is 0 Å². The average Bonchev–Trinajstić information content (AvgIpc) is 3.16. The van der Waals surface area contributed by atoms with Gasteiger partial charge in [-0.25, -0.2) is 0 Å². The molecule has 3 unspecified atom stereocenters. The van der Waals surface area contributed by atoms with Gasteiger partial charge in [-0.2, -0.15) is 0 Å². The van der Waals surface area contributed by atoms with E-state index in [9.17, 15) is 0 Å². The first kappa shape index (κ1) is 40.3. The lowest BCUT2D eigenvalue weighted by molar-refractivity contribution is 0.531. The van der Waals surface area contributed by atoms with Gasteiger partial charge in [-0.15, -0.1) is 0 Å². The van der Waals surface area contributed by atoms with Gasteiger partial charge >= 0.3 is 0 Å². The Morgan fingerprint density at radius 3 is 1.10 bits per heavy atom. The molecule has 0 bridgehead atoms. The molecule has 51 heavy (non-hydrogen) atoms. The number of unbranched alkanes of at least 4 members (excludes halogenated alkanes) is 12. The molecule has 4 rings (SSSR count). The summed E-state index contributed by atoms with van der Waals surface area (Å²) in [6.45, 7) is 6.89. The maximum atomic E-state index is 6.08. The summed E-state index contributed by atoms with van der Waals surface area (Å²) in [5.74, 6) is 1.37. The number of hydrogen-bond acceptors (Lipinski definition) is 2. The predicted molar refractivity (Wildman–Crippen MR) is 225 cm³/mol. The third kappa shape index (κ3) is 13.9. The van der Waals surface area contributed by atoms with E-state index in [0.29, 0.717) is 17.8 Å².